The minimum atomic E-state index is -0.385. The molecule has 0 saturated heterocycles. The molecule has 0 amide bonds. The van der Waals surface area contributed by atoms with E-state index < -0.39 is 0 Å². The van der Waals surface area contributed by atoms with Crippen molar-refractivity contribution in [3.05, 3.63) is 50.6 Å². The summed E-state index contributed by atoms with van der Waals surface area (Å²) in [6.07, 6.45) is -0.385. The fourth-order valence-corrected chi connectivity index (χ4v) is 3.70. The lowest BCUT2D eigenvalue weighted by molar-refractivity contribution is 0.204. The normalized spacial score (nSPS) is 12.6. The highest BCUT2D eigenvalue weighted by atomic mass is 79.9. The lowest BCUT2D eigenvalue weighted by Gasteiger charge is -2.08. The zero-order valence-corrected chi connectivity index (χ0v) is 12.6. The molecular weight excluding hydrogens is 316 g/mol. The van der Waals surface area contributed by atoms with Gasteiger partial charge < -0.3 is 5.11 Å². The maximum Gasteiger partial charge on any atom is 0.0892 e. The van der Waals surface area contributed by atoms with Crippen molar-refractivity contribution in [1.82, 2.24) is 0 Å². The van der Waals surface area contributed by atoms with E-state index in [-0.39, 0.29) is 6.10 Å². The molecule has 2 rings (SSSR count). The van der Waals surface area contributed by atoms with Gasteiger partial charge in [-0.2, -0.15) is 0 Å². The summed E-state index contributed by atoms with van der Waals surface area (Å²) in [6.45, 7) is 2.06. The Bertz CT molecular complexity index is 496. The van der Waals surface area contributed by atoms with E-state index in [0.717, 1.165) is 10.0 Å². The predicted octanol–water partition coefficient (Wildman–Crippen LogP) is 4.64. The molecule has 90 valence electrons. The third kappa shape index (κ3) is 3.85. The van der Waals surface area contributed by atoms with Crippen molar-refractivity contribution >= 4 is 39.0 Å². The molecule has 1 N–H and O–H groups in total. The Kier molecular flexibility index (Phi) is 4.68. The van der Waals surface area contributed by atoms with Gasteiger partial charge in [-0.3, -0.25) is 0 Å². The van der Waals surface area contributed by atoms with E-state index in [9.17, 15) is 5.11 Å². The molecule has 0 bridgehead atoms. The number of hydrogen-bond acceptors (Lipinski definition) is 3. The first kappa shape index (κ1) is 13.1. The molecule has 4 heteroatoms. The summed E-state index contributed by atoms with van der Waals surface area (Å²) >= 11 is 6.79. The van der Waals surface area contributed by atoms with E-state index in [4.69, 9.17) is 0 Å². The summed E-state index contributed by atoms with van der Waals surface area (Å²) in [5.41, 5.74) is 1.02. The number of benzene rings is 1. The van der Waals surface area contributed by atoms with Crippen LogP contribution in [0.1, 0.15) is 16.5 Å². The highest BCUT2D eigenvalue weighted by molar-refractivity contribution is 9.10. The Morgan fingerprint density at radius 3 is 2.88 bits per heavy atom. The van der Waals surface area contributed by atoms with Crippen LogP contribution < -0.4 is 0 Å². The molecule has 17 heavy (non-hydrogen) atoms. The quantitative estimate of drug-likeness (QED) is 0.824. The van der Waals surface area contributed by atoms with Crippen LogP contribution in [0.5, 0.6) is 0 Å². The van der Waals surface area contributed by atoms with Crippen LogP contribution in [-0.4, -0.2) is 10.9 Å². The molecule has 0 fully saturated rings. The van der Waals surface area contributed by atoms with E-state index in [1.54, 1.807) is 23.1 Å². The van der Waals surface area contributed by atoms with Gasteiger partial charge >= 0.3 is 0 Å². The average Bonchev–Trinajstić information content (AvgIpc) is 2.73. The first-order valence-corrected chi connectivity index (χ1v) is 7.92. The molecular formula is C13H13BrOS2. The summed E-state index contributed by atoms with van der Waals surface area (Å²) in [5.74, 6) is 0.687. The van der Waals surface area contributed by atoms with Gasteiger partial charge in [-0.05, 0) is 42.1 Å². The Morgan fingerprint density at radius 2 is 2.24 bits per heavy atom. The van der Waals surface area contributed by atoms with Gasteiger partial charge in [0.2, 0.25) is 0 Å². The first-order valence-electron chi connectivity index (χ1n) is 5.26. The van der Waals surface area contributed by atoms with Gasteiger partial charge in [0, 0.05) is 20.0 Å². The second kappa shape index (κ2) is 6.05. The zero-order valence-electron chi connectivity index (χ0n) is 9.39. The molecule has 1 aromatic carbocycles. The largest absolute Gasteiger partial charge is 0.388 e. The number of aliphatic hydroxyl groups excluding tert-OH is 1. The Morgan fingerprint density at radius 1 is 1.41 bits per heavy atom. The van der Waals surface area contributed by atoms with Crippen molar-refractivity contribution < 1.29 is 5.11 Å². The lowest BCUT2D eigenvalue weighted by Crippen LogP contribution is -1.98. The molecule has 0 aliphatic heterocycles. The highest BCUT2D eigenvalue weighted by Gasteiger charge is 2.09. The van der Waals surface area contributed by atoms with Gasteiger partial charge in [0.1, 0.15) is 0 Å². The third-order valence-corrected chi connectivity index (χ3v) is 4.78. The summed E-state index contributed by atoms with van der Waals surface area (Å²) in [4.78, 5) is 2.41. The second-order valence-corrected chi connectivity index (χ2v) is 6.90. The van der Waals surface area contributed by atoms with Crippen molar-refractivity contribution in [2.24, 2.45) is 0 Å². The van der Waals surface area contributed by atoms with Gasteiger partial charge in [0.25, 0.3) is 0 Å². The SMILES string of the molecule is Cc1cc(C(O)CSc2cccc(Br)c2)cs1. The van der Waals surface area contributed by atoms with Crippen molar-refractivity contribution in [1.29, 1.82) is 0 Å². The van der Waals surface area contributed by atoms with Crippen LogP contribution in [0, 0.1) is 6.92 Å². The number of halogens is 1. The molecule has 1 unspecified atom stereocenters. The van der Waals surface area contributed by atoms with Crippen molar-refractivity contribution in [3.8, 4) is 0 Å². The smallest absolute Gasteiger partial charge is 0.0892 e. The Hall–Kier alpha value is -0.290. The molecule has 1 aromatic heterocycles. The topological polar surface area (TPSA) is 20.2 Å². The lowest BCUT2D eigenvalue weighted by atomic mass is 10.2. The van der Waals surface area contributed by atoms with Crippen LogP contribution in [0.2, 0.25) is 0 Å². The average molecular weight is 329 g/mol. The van der Waals surface area contributed by atoms with E-state index in [1.165, 1.54) is 9.77 Å². The van der Waals surface area contributed by atoms with E-state index >= 15 is 0 Å². The maximum absolute atomic E-state index is 10.0. The molecule has 2 aromatic rings. The van der Waals surface area contributed by atoms with Crippen molar-refractivity contribution in [3.63, 3.8) is 0 Å². The standard InChI is InChI=1S/C13H13BrOS2/c1-9-5-10(7-16-9)13(15)8-17-12-4-2-3-11(14)6-12/h2-7,13,15H,8H2,1H3. The molecule has 1 nitrogen and oxygen atoms in total. The minimum absolute atomic E-state index is 0.385. The van der Waals surface area contributed by atoms with Gasteiger partial charge in [-0.25, -0.2) is 0 Å². The van der Waals surface area contributed by atoms with Gasteiger partial charge in [0.15, 0.2) is 0 Å². The second-order valence-electron chi connectivity index (χ2n) is 3.77. The summed E-state index contributed by atoms with van der Waals surface area (Å²) in [7, 11) is 0. The van der Waals surface area contributed by atoms with E-state index in [2.05, 4.69) is 41.1 Å². The minimum Gasteiger partial charge on any atom is -0.388 e. The van der Waals surface area contributed by atoms with Crippen LogP contribution in [0.25, 0.3) is 0 Å². The number of thiophene rings is 1. The number of hydrogen-bond donors (Lipinski definition) is 1. The summed E-state index contributed by atoms with van der Waals surface area (Å²) in [5, 5.41) is 12.1. The fraction of sp³-hybridized carbons (Fsp3) is 0.231. The number of thioether (sulfide) groups is 1. The van der Waals surface area contributed by atoms with E-state index in [0.29, 0.717) is 5.75 Å². The van der Waals surface area contributed by atoms with Gasteiger partial charge in [-0.15, -0.1) is 23.1 Å². The van der Waals surface area contributed by atoms with Crippen molar-refractivity contribution in [2.75, 3.05) is 5.75 Å². The van der Waals surface area contributed by atoms with Gasteiger partial charge in [-0.1, -0.05) is 22.0 Å². The Labute approximate surface area is 118 Å². The maximum atomic E-state index is 10.0. The number of rotatable bonds is 4. The predicted molar refractivity (Wildman–Crippen MR) is 78.9 cm³/mol. The van der Waals surface area contributed by atoms with Gasteiger partial charge in [0.05, 0.1) is 6.10 Å². The molecule has 0 aliphatic rings. The summed E-state index contributed by atoms with van der Waals surface area (Å²) < 4.78 is 1.07. The molecule has 0 spiro atoms. The number of aliphatic hydroxyl groups is 1. The van der Waals surface area contributed by atoms with Crippen LogP contribution in [0.3, 0.4) is 0 Å². The molecule has 1 heterocycles. The monoisotopic (exact) mass is 328 g/mol. The van der Waals surface area contributed by atoms with E-state index in [1.807, 2.05) is 17.5 Å². The zero-order chi connectivity index (χ0) is 12.3. The van der Waals surface area contributed by atoms with Crippen LogP contribution in [0.15, 0.2) is 45.1 Å². The highest BCUT2D eigenvalue weighted by Crippen LogP contribution is 2.28. The molecule has 0 saturated carbocycles. The summed E-state index contributed by atoms with van der Waals surface area (Å²) in [6, 6.07) is 10.2. The third-order valence-electron chi connectivity index (χ3n) is 2.34. The first-order chi connectivity index (χ1) is 8.15. The molecule has 1 atom stereocenters. The van der Waals surface area contributed by atoms with Crippen LogP contribution in [0.4, 0.5) is 0 Å². The molecule has 0 radical (unpaired) electrons. The fourth-order valence-electron chi connectivity index (χ4n) is 1.47. The Balaban J connectivity index is 1.94. The van der Waals surface area contributed by atoms with Crippen molar-refractivity contribution in [2.45, 2.75) is 17.9 Å². The number of aryl methyl sites for hydroxylation is 1. The van der Waals surface area contributed by atoms with Crippen LogP contribution in [-0.2, 0) is 0 Å². The molecule has 0 aliphatic carbocycles. The van der Waals surface area contributed by atoms with Crippen LogP contribution >= 0.6 is 39.0 Å².